The SMILES string of the molecule is Cc1ccc(-c2ccc(C)nc2)cc1.Cc1ccc(C)nc1.Cc1cccc(-c2ccc(C)nc2)c1.Cc1cccc(-c2cccc(C)n2)c1.Cc1cccc(-c2cccc(C)n2)c1.Cc1cccc(C)n1. The summed E-state index contributed by atoms with van der Waals surface area (Å²) in [5.74, 6) is 0. The van der Waals surface area contributed by atoms with Gasteiger partial charge in [0.15, 0.2) is 0 Å². The van der Waals surface area contributed by atoms with E-state index < -0.39 is 0 Å². The summed E-state index contributed by atoms with van der Waals surface area (Å²) in [6.07, 6.45) is 5.71. The molecule has 0 spiro atoms. The maximum atomic E-state index is 4.48. The zero-order valence-electron chi connectivity index (χ0n) is 44.3. The zero-order chi connectivity index (χ0) is 51.8. The van der Waals surface area contributed by atoms with Crippen molar-refractivity contribution in [1.82, 2.24) is 29.9 Å². The van der Waals surface area contributed by atoms with Crippen LogP contribution >= 0.6 is 0 Å². The Hall–Kier alpha value is -8.22. The van der Waals surface area contributed by atoms with E-state index in [1.54, 1.807) is 0 Å². The lowest BCUT2D eigenvalue weighted by Crippen LogP contribution is -1.86. The maximum absolute atomic E-state index is 4.48. The number of aromatic nitrogens is 6. The van der Waals surface area contributed by atoms with E-state index in [9.17, 15) is 0 Å². The molecule has 4 aromatic carbocycles. The van der Waals surface area contributed by atoms with Crippen molar-refractivity contribution in [2.45, 2.75) is 83.1 Å². The summed E-state index contributed by atoms with van der Waals surface area (Å²) in [5, 5.41) is 0. The van der Waals surface area contributed by atoms with E-state index in [0.29, 0.717) is 0 Å². The molecule has 364 valence electrons. The molecule has 0 atom stereocenters. The standard InChI is InChI=1S/4C13H13N.2C7H9N/c1-10-3-6-12(7-4-10)13-8-5-11(2)14-9-13;2*1-10-5-3-7-12(9-10)13-8-4-6-11(2)14-13;1-10-4-3-5-12(8-10)13-7-6-11(2)14-9-13;1-6-3-4-7(2)8-5-6;1-6-4-3-5-7(2)8-6/h4*3-9H,1-2H3;2*3-5H,1-2H3. The van der Waals surface area contributed by atoms with Crippen LogP contribution in [0.15, 0.2) is 207 Å². The van der Waals surface area contributed by atoms with Gasteiger partial charge in [-0.25, -0.2) is 0 Å². The smallest absolute Gasteiger partial charge is 0.0705 e. The number of rotatable bonds is 4. The van der Waals surface area contributed by atoms with E-state index in [2.05, 4.69) is 173 Å². The normalized spacial score (nSPS) is 9.94. The molecule has 0 N–H and O–H groups in total. The molecule has 6 nitrogen and oxygen atoms in total. The Bertz CT molecular complexity index is 2920. The molecule has 6 heterocycles. The highest BCUT2D eigenvalue weighted by Crippen LogP contribution is 2.22. The molecule has 0 amide bonds. The fourth-order valence-corrected chi connectivity index (χ4v) is 7.09. The first-order chi connectivity index (χ1) is 34.6. The average Bonchev–Trinajstić information content (AvgIpc) is 3.37. The van der Waals surface area contributed by atoms with E-state index in [1.165, 1.54) is 61.2 Å². The topological polar surface area (TPSA) is 77.3 Å². The maximum Gasteiger partial charge on any atom is 0.0705 e. The molecule has 72 heavy (non-hydrogen) atoms. The number of nitrogens with zero attached hydrogens (tertiary/aromatic N) is 6. The van der Waals surface area contributed by atoms with Crippen LogP contribution in [0.25, 0.3) is 44.8 Å². The van der Waals surface area contributed by atoms with E-state index in [1.807, 2.05) is 147 Å². The lowest BCUT2D eigenvalue weighted by atomic mass is 10.1. The second-order valence-corrected chi connectivity index (χ2v) is 18.1. The predicted molar refractivity (Wildman–Crippen MR) is 304 cm³/mol. The minimum absolute atomic E-state index is 1.05. The van der Waals surface area contributed by atoms with E-state index in [4.69, 9.17) is 0 Å². The first-order valence-corrected chi connectivity index (χ1v) is 24.4. The summed E-state index contributed by atoms with van der Waals surface area (Å²) in [7, 11) is 0. The van der Waals surface area contributed by atoms with Crippen molar-refractivity contribution in [3.63, 3.8) is 0 Å². The summed E-state index contributed by atoms with van der Waals surface area (Å²) >= 11 is 0. The Morgan fingerprint density at radius 1 is 0.208 bits per heavy atom. The van der Waals surface area contributed by atoms with E-state index >= 15 is 0 Å². The van der Waals surface area contributed by atoms with Crippen LogP contribution in [-0.4, -0.2) is 29.9 Å². The largest absolute Gasteiger partial charge is 0.261 e. The fraction of sp³-hybridized carbons (Fsp3) is 0.182. The fourth-order valence-electron chi connectivity index (χ4n) is 7.09. The van der Waals surface area contributed by atoms with Gasteiger partial charge >= 0.3 is 0 Å². The second-order valence-electron chi connectivity index (χ2n) is 18.1. The minimum Gasteiger partial charge on any atom is -0.261 e. The van der Waals surface area contributed by atoms with Gasteiger partial charge in [-0.1, -0.05) is 144 Å². The van der Waals surface area contributed by atoms with Crippen LogP contribution in [0, 0.1) is 83.1 Å². The van der Waals surface area contributed by atoms with Gasteiger partial charge in [-0.3, -0.25) is 29.9 Å². The minimum atomic E-state index is 1.05. The molecule has 6 heteroatoms. The number of hydrogen-bond acceptors (Lipinski definition) is 6. The van der Waals surface area contributed by atoms with Crippen molar-refractivity contribution >= 4 is 0 Å². The van der Waals surface area contributed by atoms with Crippen LogP contribution in [0.1, 0.15) is 67.7 Å². The van der Waals surface area contributed by atoms with Gasteiger partial charge in [0, 0.05) is 80.7 Å². The Balaban J connectivity index is 0.000000163. The van der Waals surface area contributed by atoms with Gasteiger partial charge in [-0.15, -0.1) is 0 Å². The summed E-state index contributed by atoms with van der Waals surface area (Å²) in [6, 6.07) is 64.3. The molecule has 0 saturated carbocycles. The van der Waals surface area contributed by atoms with Crippen LogP contribution in [0.5, 0.6) is 0 Å². The second kappa shape index (κ2) is 28.4. The zero-order valence-corrected chi connectivity index (χ0v) is 44.3. The van der Waals surface area contributed by atoms with E-state index in [0.717, 1.165) is 51.2 Å². The third-order valence-electron chi connectivity index (χ3n) is 11.1. The summed E-state index contributed by atoms with van der Waals surface area (Å²) in [4.78, 5) is 25.8. The molecule has 0 fully saturated rings. The lowest BCUT2D eigenvalue weighted by Gasteiger charge is -2.02. The van der Waals surface area contributed by atoms with Gasteiger partial charge in [0.25, 0.3) is 0 Å². The Labute approximate surface area is 430 Å². The van der Waals surface area contributed by atoms with Crippen LogP contribution in [0.2, 0.25) is 0 Å². The Kier molecular flexibility index (Phi) is 21.6. The molecule has 0 unspecified atom stereocenters. The van der Waals surface area contributed by atoms with Gasteiger partial charge < -0.3 is 0 Å². The molecule has 0 bridgehead atoms. The van der Waals surface area contributed by atoms with Crippen molar-refractivity contribution in [1.29, 1.82) is 0 Å². The molecule has 0 saturated heterocycles. The van der Waals surface area contributed by atoms with Crippen LogP contribution in [0.4, 0.5) is 0 Å². The number of pyridine rings is 6. The third kappa shape index (κ3) is 19.6. The Morgan fingerprint density at radius 3 is 0.889 bits per heavy atom. The number of hydrogen-bond donors (Lipinski definition) is 0. The quantitative estimate of drug-likeness (QED) is 0.175. The number of benzene rings is 4. The molecule has 0 aliphatic carbocycles. The predicted octanol–water partition coefficient (Wildman–Crippen LogP) is 16.9. The van der Waals surface area contributed by atoms with Gasteiger partial charge in [0.2, 0.25) is 0 Å². The summed E-state index contributed by atoms with van der Waals surface area (Å²) in [6.45, 7) is 24.4. The van der Waals surface area contributed by atoms with Gasteiger partial charge in [-0.05, 0) is 167 Å². The molecule has 0 aliphatic heterocycles. The molecule has 0 aliphatic rings. The molecule has 6 aromatic heterocycles. The third-order valence-corrected chi connectivity index (χ3v) is 11.1. The van der Waals surface area contributed by atoms with Crippen LogP contribution in [0.3, 0.4) is 0 Å². The van der Waals surface area contributed by atoms with Gasteiger partial charge in [0.1, 0.15) is 0 Å². The molecule has 10 rings (SSSR count). The summed E-state index contributed by atoms with van der Waals surface area (Å²) < 4.78 is 0. The summed E-state index contributed by atoms with van der Waals surface area (Å²) in [5.41, 5.74) is 23.1. The highest BCUT2D eigenvalue weighted by Gasteiger charge is 2.01. The monoisotopic (exact) mass is 947 g/mol. The molecular weight excluding hydrogens is 877 g/mol. The molecule has 10 aromatic rings. The van der Waals surface area contributed by atoms with Crippen molar-refractivity contribution in [3.8, 4) is 44.8 Å². The number of aryl methyl sites for hydroxylation is 12. The van der Waals surface area contributed by atoms with Crippen molar-refractivity contribution < 1.29 is 0 Å². The first kappa shape index (κ1) is 54.7. The first-order valence-electron chi connectivity index (χ1n) is 24.4. The van der Waals surface area contributed by atoms with E-state index in [-0.39, 0.29) is 0 Å². The van der Waals surface area contributed by atoms with Gasteiger partial charge in [0.05, 0.1) is 11.4 Å². The Morgan fingerprint density at radius 2 is 0.542 bits per heavy atom. The highest BCUT2D eigenvalue weighted by atomic mass is 14.7. The van der Waals surface area contributed by atoms with Crippen molar-refractivity contribution in [2.24, 2.45) is 0 Å². The highest BCUT2D eigenvalue weighted by molar-refractivity contribution is 5.64. The van der Waals surface area contributed by atoms with Crippen LogP contribution in [-0.2, 0) is 0 Å². The van der Waals surface area contributed by atoms with Crippen molar-refractivity contribution in [2.75, 3.05) is 0 Å². The lowest BCUT2D eigenvalue weighted by molar-refractivity contribution is 1.12. The molecular formula is C66H70N6. The molecule has 0 radical (unpaired) electrons. The van der Waals surface area contributed by atoms with Crippen LogP contribution < -0.4 is 0 Å². The average molecular weight is 947 g/mol. The van der Waals surface area contributed by atoms with Crippen molar-refractivity contribution in [3.05, 3.63) is 274 Å². The van der Waals surface area contributed by atoms with Gasteiger partial charge in [-0.2, -0.15) is 0 Å².